The van der Waals surface area contributed by atoms with Crippen LogP contribution in [-0.2, 0) is 26.0 Å². The molecule has 9 nitrogen and oxygen atoms in total. The summed E-state index contributed by atoms with van der Waals surface area (Å²) in [5, 5.41) is 2.99. The predicted molar refractivity (Wildman–Crippen MR) is 169 cm³/mol. The maximum Gasteiger partial charge on any atom is 0.264 e. The van der Waals surface area contributed by atoms with Crippen LogP contribution < -0.4 is 19.1 Å². The maximum atomic E-state index is 14.2. The summed E-state index contributed by atoms with van der Waals surface area (Å²) in [6.07, 6.45) is 1.62. The van der Waals surface area contributed by atoms with E-state index in [1.54, 1.807) is 24.3 Å². The normalized spacial score (nSPS) is 12.6. The molecule has 0 aliphatic heterocycles. The zero-order chi connectivity index (χ0) is 31.6. The molecule has 3 rings (SSSR count). The molecule has 0 fully saturated rings. The van der Waals surface area contributed by atoms with Crippen molar-refractivity contribution >= 4 is 27.5 Å². The molecule has 0 aromatic heterocycles. The van der Waals surface area contributed by atoms with Crippen molar-refractivity contribution in [1.82, 2.24) is 10.2 Å². The predicted octanol–water partition coefficient (Wildman–Crippen LogP) is 4.97. The standard InChI is InChI=1S/C33H43N3O6S/c1-7-25(4)34-33(38)29(8-2)35(21-20-26-12-10-9-11-13-26)32(37)23-36(27-16-14-24(3)15-17-27)43(39,40)28-18-19-30(41-5)31(22-28)42-6/h9-19,22,25,29H,7-8,20-21,23H2,1-6H3,(H,34,38). The summed E-state index contributed by atoms with van der Waals surface area (Å²) in [4.78, 5) is 29.0. The molecule has 232 valence electrons. The highest BCUT2D eigenvalue weighted by Crippen LogP contribution is 2.32. The Morgan fingerprint density at radius 2 is 1.53 bits per heavy atom. The van der Waals surface area contributed by atoms with Gasteiger partial charge in [0.15, 0.2) is 11.5 Å². The number of ether oxygens (including phenoxy) is 2. The SMILES string of the molecule is CCC(C)NC(=O)C(CC)N(CCc1ccccc1)C(=O)CN(c1ccc(C)cc1)S(=O)(=O)c1ccc(OC)c(OC)c1. The second kappa shape index (κ2) is 15.4. The van der Waals surface area contributed by atoms with Crippen molar-refractivity contribution in [2.75, 3.05) is 31.6 Å². The number of sulfonamides is 1. The van der Waals surface area contributed by atoms with E-state index in [0.29, 0.717) is 24.3 Å². The first-order chi connectivity index (χ1) is 20.5. The maximum absolute atomic E-state index is 14.2. The van der Waals surface area contributed by atoms with Crippen LogP contribution >= 0.6 is 0 Å². The number of nitrogens with one attached hydrogen (secondary N) is 1. The van der Waals surface area contributed by atoms with E-state index in [0.717, 1.165) is 21.9 Å². The monoisotopic (exact) mass is 609 g/mol. The first kappa shape index (κ1) is 33.5. The fourth-order valence-electron chi connectivity index (χ4n) is 4.68. The van der Waals surface area contributed by atoms with Crippen LogP contribution in [0.25, 0.3) is 0 Å². The smallest absolute Gasteiger partial charge is 0.264 e. The lowest BCUT2D eigenvalue weighted by Gasteiger charge is -2.33. The minimum absolute atomic E-state index is 0.0593. The molecular formula is C33H43N3O6S. The molecule has 0 heterocycles. The Morgan fingerprint density at radius 1 is 0.884 bits per heavy atom. The van der Waals surface area contributed by atoms with E-state index < -0.39 is 28.5 Å². The van der Waals surface area contributed by atoms with Gasteiger partial charge in [0.2, 0.25) is 11.8 Å². The van der Waals surface area contributed by atoms with Gasteiger partial charge in [-0.15, -0.1) is 0 Å². The fourth-order valence-corrected chi connectivity index (χ4v) is 6.11. The summed E-state index contributed by atoms with van der Waals surface area (Å²) in [5.74, 6) is -0.116. The molecule has 0 bridgehead atoms. The summed E-state index contributed by atoms with van der Waals surface area (Å²) < 4.78 is 40.0. The third-order valence-electron chi connectivity index (χ3n) is 7.41. The lowest BCUT2D eigenvalue weighted by molar-refractivity contribution is -0.139. The number of amides is 2. The molecule has 0 saturated carbocycles. The molecular weight excluding hydrogens is 566 g/mol. The van der Waals surface area contributed by atoms with Crippen molar-refractivity contribution < 1.29 is 27.5 Å². The summed E-state index contributed by atoms with van der Waals surface area (Å²) >= 11 is 0. The topological polar surface area (TPSA) is 105 Å². The van der Waals surface area contributed by atoms with Gasteiger partial charge in [-0.3, -0.25) is 13.9 Å². The molecule has 2 unspecified atom stereocenters. The van der Waals surface area contributed by atoms with E-state index in [2.05, 4.69) is 5.32 Å². The van der Waals surface area contributed by atoms with Gasteiger partial charge in [-0.05, 0) is 62.9 Å². The Bertz CT molecular complexity index is 1460. The minimum atomic E-state index is -4.25. The van der Waals surface area contributed by atoms with E-state index in [1.807, 2.05) is 58.0 Å². The molecule has 3 aromatic carbocycles. The Labute approximate surface area is 255 Å². The summed E-state index contributed by atoms with van der Waals surface area (Å²) in [7, 11) is -1.35. The van der Waals surface area contributed by atoms with Crippen LogP contribution in [0.4, 0.5) is 5.69 Å². The fraction of sp³-hybridized carbons (Fsp3) is 0.394. The zero-order valence-corrected chi connectivity index (χ0v) is 26.7. The molecule has 43 heavy (non-hydrogen) atoms. The lowest BCUT2D eigenvalue weighted by Crippen LogP contribution is -2.54. The van der Waals surface area contributed by atoms with E-state index in [9.17, 15) is 18.0 Å². The number of hydrogen-bond acceptors (Lipinski definition) is 6. The average Bonchev–Trinajstić information content (AvgIpc) is 3.02. The summed E-state index contributed by atoms with van der Waals surface area (Å²) in [6.45, 7) is 7.38. The highest BCUT2D eigenvalue weighted by molar-refractivity contribution is 7.92. The van der Waals surface area contributed by atoms with Crippen molar-refractivity contribution in [3.63, 3.8) is 0 Å². The van der Waals surface area contributed by atoms with Crippen LogP contribution in [0.3, 0.4) is 0 Å². The van der Waals surface area contributed by atoms with Crippen LogP contribution in [0, 0.1) is 6.92 Å². The first-order valence-electron chi connectivity index (χ1n) is 14.5. The van der Waals surface area contributed by atoms with E-state index in [4.69, 9.17) is 9.47 Å². The summed E-state index contributed by atoms with van der Waals surface area (Å²) in [6, 6.07) is 20.1. The molecule has 0 spiro atoms. The second-order valence-electron chi connectivity index (χ2n) is 10.4. The van der Waals surface area contributed by atoms with Gasteiger partial charge in [-0.2, -0.15) is 0 Å². The number of hydrogen-bond donors (Lipinski definition) is 1. The molecule has 0 saturated heterocycles. The Kier molecular flexibility index (Phi) is 12.0. The average molecular weight is 610 g/mol. The van der Waals surface area contributed by atoms with Gasteiger partial charge < -0.3 is 19.7 Å². The first-order valence-corrected chi connectivity index (χ1v) is 15.9. The number of carbonyl (C=O) groups excluding carboxylic acids is 2. The van der Waals surface area contributed by atoms with Crippen LogP contribution in [0.2, 0.25) is 0 Å². The van der Waals surface area contributed by atoms with Gasteiger partial charge in [0.1, 0.15) is 12.6 Å². The number of nitrogens with zero attached hydrogens (tertiary/aromatic N) is 2. The summed E-state index contributed by atoms with van der Waals surface area (Å²) in [5.41, 5.74) is 2.27. The van der Waals surface area contributed by atoms with Crippen LogP contribution in [-0.4, -0.2) is 64.5 Å². The Hall–Kier alpha value is -4.05. The number of rotatable bonds is 15. The minimum Gasteiger partial charge on any atom is -0.493 e. The number of aryl methyl sites for hydroxylation is 1. The molecule has 2 atom stereocenters. The van der Waals surface area contributed by atoms with Crippen LogP contribution in [0.5, 0.6) is 11.5 Å². The highest BCUT2D eigenvalue weighted by atomic mass is 32.2. The third kappa shape index (κ3) is 8.50. The molecule has 2 amide bonds. The number of anilines is 1. The quantitative estimate of drug-likeness (QED) is 0.261. The van der Waals surface area contributed by atoms with Crippen molar-refractivity contribution in [2.45, 2.75) is 63.9 Å². The molecule has 3 aromatic rings. The number of benzene rings is 3. The van der Waals surface area contributed by atoms with Crippen molar-refractivity contribution in [1.29, 1.82) is 0 Å². The lowest BCUT2D eigenvalue weighted by atomic mass is 10.1. The highest BCUT2D eigenvalue weighted by Gasteiger charge is 2.34. The molecule has 0 aliphatic carbocycles. The molecule has 0 aliphatic rings. The van der Waals surface area contributed by atoms with Gasteiger partial charge in [-0.1, -0.05) is 61.9 Å². The third-order valence-corrected chi connectivity index (χ3v) is 9.18. The molecule has 1 N–H and O–H groups in total. The van der Waals surface area contributed by atoms with E-state index in [-0.39, 0.29) is 29.1 Å². The van der Waals surface area contributed by atoms with Gasteiger partial charge in [0.05, 0.1) is 24.8 Å². The molecule has 10 heteroatoms. The number of carbonyl (C=O) groups is 2. The van der Waals surface area contributed by atoms with Crippen LogP contribution in [0.15, 0.2) is 77.7 Å². The van der Waals surface area contributed by atoms with Gasteiger partial charge in [0, 0.05) is 18.7 Å². The zero-order valence-electron chi connectivity index (χ0n) is 25.9. The van der Waals surface area contributed by atoms with E-state index in [1.165, 1.54) is 37.3 Å². The number of methoxy groups -OCH3 is 2. The second-order valence-corrected chi connectivity index (χ2v) is 12.3. The van der Waals surface area contributed by atoms with E-state index >= 15 is 0 Å². The van der Waals surface area contributed by atoms with Crippen molar-refractivity contribution in [2.24, 2.45) is 0 Å². The largest absolute Gasteiger partial charge is 0.493 e. The Balaban J connectivity index is 2.05. The van der Waals surface area contributed by atoms with Crippen molar-refractivity contribution in [3.8, 4) is 11.5 Å². The Morgan fingerprint density at radius 3 is 2.12 bits per heavy atom. The van der Waals surface area contributed by atoms with Crippen molar-refractivity contribution in [3.05, 3.63) is 83.9 Å². The van der Waals surface area contributed by atoms with Gasteiger partial charge in [-0.25, -0.2) is 8.42 Å². The van der Waals surface area contributed by atoms with Gasteiger partial charge in [0.25, 0.3) is 10.0 Å². The van der Waals surface area contributed by atoms with Gasteiger partial charge >= 0.3 is 0 Å². The molecule has 0 radical (unpaired) electrons. The van der Waals surface area contributed by atoms with Crippen LogP contribution in [0.1, 0.15) is 44.7 Å².